The molecule has 2 amide bonds. The number of benzene rings is 5. The summed E-state index contributed by atoms with van der Waals surface area (Å²) in [5.41, 5.74) is 27.9. The van der Waals surface area contributed by atoms with Gasteiger partial charge in [-0.2, -0.15) is 0 Å². The number of aromatic nitrogens is 5. The summed E-state index contributed by atoms with van der Waals surface area (Å²) in [7, 11) is 0. The Morgan fingerprint density at radius 2 is 1.06 bits per heavy atom. The molecule has 0 aliphatic heterocycles. The molecule has 0 saturated heterocycles. The molecule has 0 atom stereocenters. The van der Waals surface area contributed by atoms with Gasteiger partial charge in [0.15, 0.2) is 21.6 Å². The average molecular weight is 1020 g/mol. The van der Waals surface area contributed by atoms with Gasteiger partial charge in [0.05, 0.1) is 67.7 Å². The summed E-state index contributed by atoms with van der Waals surface area (Å²) in [5.74, 6) is -1.30. The van der Waals surface area contributed by atoms with E-state index in [0.29, 0.717) is 50.0 Å². The van der Waals surface area contributed by atoms with Gasteiger partial charge in [-0.05, 0) is 60.2 Å². The summed E-state index contributed by atoms with van der Waals surface area (Å²) < 4.78 is 2.89. The molecule has 17 nitrogen and oxygen atoms in total. The lowest BCUT2D eigenvalue weighted by molar-refractivity contribution is -0.136. The standard InChI is InChI=1S/C21H14N4O2S2.C11H8N4OS2.C9H7NO2.C7H7N3S/c1-22-14-4-2-3-13(7-14)8-16(26)10-20-25-17-6-5-15(9-19(17)29-20)24-21(27)18-11-28-12-23-18;12-11-15-7-2-1-6(3-9(7)18-11)14-10(16)8-4-17-5-13-8;1-10-8-4-2-3-7(5-8)6-9(11)12;8-4-1-2-5-6(3-4)11-7(9)10-5/h2-7,9,11-12H,8,10H2,(H,24,27);1-5H,(H2,12,15)(H,14,16);2-5H,6H2,(H,11,12);1-3H,8H2,(H2,9,10). The van der Waals surface area contributed by atoms with Gasteiger partial charge in [-0.1, -0.05) is 76.8 Å². The number of ketones is 1. The van der Waals surface area contributed by atoms with Gasteiger partial charge < -0.3 is 32.9 Å². The van der Waals surface area contributed by atoms with Crippen molar-refractivity contribution in [3.8, 4) is 0 Å². The van der Waals surface area contributed by atoms with Gasteiger partial charge in [0, 0.05) is 34.2 Å². The summed E-state index contributed by atoms with van der Waals surface area (Å²) in [4.78, 5) is 74.0. The second-order valence-electron chi connectivity index (χ2n) is 14.5. The van der Waals surface area contributed by atoms with Gasteiger partial charge in [0.2, 0.25) is 0 Å². The lowest BCUT2D eigenvalue weighted by Crippen LogP contribution is -2.11. The SMILES string of the molecule is Nc1ccc2nc(N)sc2c1.Nc1nc2ccc(NC(=O)c3cscn3)cc2s1.[C-]#[N+]c1cccc(CC(=O)Cc2nc3ccc(NC(=O)c4cscn4)cc3s2)c1.[C-]#[N+]c1cccc(CC(=O)O)c1. The fourth-order valence-corrected chi connectivity index (χ4v) is 9.91. The third-order valence-electron chi connectivity index (χ3n) is 9.30. The molecular formula is C48H36N12O5S5. The predicted molar refractivity (Wildman–Crippen MR) is 281 cm³/mol. The minimum atomic E-state index is -0.878. The van der Waals surface area contributed by atoms with Gasteiger partial charge in [-0.15, -0.1) is 34.0 Å². The number of carboxylic acids is 1. The lowest BCUT2D eigenvalue weighted by Gasteiger charge is -2.02. The summed E-state index contributed by atoms with van der Waals surface area (Å²) in [6, 6.07) is 30.2. The minimum Gasteiger partial charge on any atom is -0.481 e. The van der Waals surface area contributed by atoms with E-state index in [9.17, 15) is 19.2 Å². The number of carbonyl (C=O) groups excluding carboxylic acids is 3. The van der Waals surface area contributed by atoms with E-state index in [4.69, 9.17) is 35.5 Å². The highest BCUT2D eigenvalue weighted by Gasteiger charge is 2.14. The van der Waals surface area contributed by atoms with Gasteiger partial charge >= 0.3 is 5.97 Å². The molecule has 5 aromatic carbocycles. The van der Waals surface area contributed by atoms with Crippen LogP contribution in [0.15, 0.2) is 125 Å². The number of hydrogen-bond acceptors (Lipinski definition) is 17. The van der Waals surface area contributed by atoms with Crippen molar-refractivity contribution >= 4 is 150 Å². The first-order valence-corrected chi connectivity index (χ1v) is 24.7. The molecule has 0 radical (unpaired) electrons. The molecule has 10 aromatic rings. The average Bonchev–Trinajstić information content (AvgIpc) is 4.20. The molecule has 0 unspecified atom stereocenters. The van der Waals surface area contributed by atoms with Gasteiger partial charge in [-0.25, -0.2) is 34.6 Å². The smallest absolute Gasteiger partial charge is 0.307 e. The zero-order valence-corrected chi connectivity index (χ0v) is 40.3. The number of fused-ring (bicyclic) bond motifs is 3. The zero-order valence-electron chi connectivity index (χ0n) is 36.2. The van der Waals surface area contributed by atoms with E-state index in [1.165, 1.54) is 56.7 Å². The van der Waals surface area contributed by atoms with Crippen LogP contribution in [-0.2, 0) is 28.9 Å². The van der Waals surface area contributed by atoms with Gasteiger partial charge in [0.25, 0.3) is 11.8 Å². The molecule has 10 rings (SSSR count). The number of rotatable bonds is 10. The van der Waals surface area contributed by atoms with Crippen molar-refractivity contribution in [2.24, 2.45) is 0 Å². The third kappa shape index (κ3) is 14.0. The van der Waals surface area contributed by atoms with Crippen molar-refractivity contribution in [1.82, 2.24) is 24.9 Å². The lowest BCUT2D eigenvalue weighted by atomic mass is 10.1. The maximum Gasteiger partial charge on any atom is 0.307 e. The summed E-state index contributed by atoms with van der Waals surface area (Å²) in [5, 5.41) is 19.3. The minimum absolute atomic E-state index is 0.0244. The Bertz CT molecular complexity index is 3560. The monoisotopic (exact) mass is 1020 g/mol. The highest BCUT2D eigenvalue weighted by molar-refractivity contribution is 7.22. The molecule has 0 bridgehead atoms. The fourth-order valence-electron chi connectivity index (χ4n) is 6.25. The Balaban J connectivity index is 0.000000150. The number of aliphatic carboxylic acids is 1. The summed E-state index contributed by atoms with van der Waals surface area (Å²) in [6.07, 6.45) is 0.486. The van der Waals surface area contributed by atoms with E-state index in [1.807, 2.05) is 48.5 Å². The van der Waals surface area contributed by atoms with E-state index in [-0.39, 0.29) is 36.9 Å². The van der Waals surface area contributed by atoms with E-state index in [1.54, 1.807) is 76.4 Å². The van der Waals surface area contributed by atoms with Crippen LogP contribution in [0.5, 0.6) is 0 Å². The van der Waals surface area contributed by atoms with Crippen molar-refractivity contribution in [2.45, 2.75) is 19.3 Å². The fraction of sp³-hybridized carbons (Fsp3) is 0.0625. The predicted octanol–water partition coefficient (Wildman–Crippen LogP) is 10.8. The number of carbonyl (C=O) groups is 4. The molecule has 9 N–H and O–H groups in total. The number of nitrogens with one attached hydrogen (secondary N) is 2. The Morgan fingerprint density at radius 3 is 1.56 bits per heavy atom. The van der Waals surface area contributed by atoms with Crippen molar-refractivity contribution in [2.75, 3.05) is 27.8 Å². The van der Waals surface area contributed by atoms with Gasteiger partial charge in [0.1, 0.15) is 22.2 Å². The van der Waals surface area contributed by atoms with Crippen LogP contribution in [0.3, 0.4) is 0 Å². The van der Waals surface area contributed by atoms with Crippen molar-refractivity contribution in [3.05, 3.63) is 175 Å². The normalized spacial score (nSPS) is 10.3. The number of Topliss-reactive ketones (excluding diaryl/α,β-unsaturated/α-hetero) is 1. The van der Waals surface area contributed by atoms with E-state index in [0.717, 1.165) is 46.9 Å². The molecule has 0 aliphatic carbocycles. The van der Waals surface area contributed by atoms with Crippen LogP contribution < -0.4 is 27.8 Å². The van der Waals surface area contributed by atoms with E-state index >= 15 is 0 Å². The first-order chi connectivity index (χ1) is 33.8. The molecular weight excluding hydrogens is 985 g/mol. The van der Waals surface area contributed by atoms with E-state index < -0.39 is 5.97 Å². The van der Waals surface area contributed by atoms with Crippen LogP contribution in [0, 0.1) is 13.1 Å². The number of anilines is 5. The molecule has 348 valence electrons. The van der Waals surface area contributed by atoms with Crippen LogP contribution in [0.1, 0.15) is 37.1 Å². The Labute approximate surface area is 418 Å². The summed E-state index contributed by atoms with van der Waals surface area (Å²) in [6.45, 7) is 13.8. The van der Waals surface area contributed by atoms with Crippen LogP contribution in [-0.4, -0.2) is 53.6 Å². The first-order valence-electron chi connectivity index (χ1n) is 20.3. The number of amides is 2. The van der Waals surface area contributed by atoms with Crippen LogP contribution >= 0.6 is 56.7 Å². The van der Waals surface area contributed by atoms with Gasteiger partial charge in [-0.3, -0.25) is 19.2 Å². The van der Waals surface area contributed by atoms with E-state index in [2.05, 4.69) is 45.2 Å². The molecule has 22 heteroatoms. The largest absolute Gasteiger partial charge is 0.481 e. The Kier molecular flexibility index (Phi) is 16.6. The second-order valence-corrected chi connectivity index (χ2v) is 19.2. The van der Waals surface area contributed by atoms with Crippen molar-refractivity contribution in [3.63, 3.8) is 0 Å². The molecule has 0 spiro atoms. The quantitative estimate of drug-likeness (QED) is 0.0550. The zero-order chi connectivity index (χ0) is 49.6. The first kappa shape index (κ1) is 49.4. The Morgan fingerprint density at radius 1 is 0.571 bits per heavy atom. The maximum atomic E-state index is 12.4. The number of hydrogen-bond donors (Lipinski definition) is 6. The number of carboxylic acid groups (broad SMARTS) is 1. The summed E-state index contributed by atoms with van der Waals surface area (Å²) >= 11 is 7.04. The number of nitrogens with zero attached hydrogens (tertiary/aromatic N) is 7. The van der Waals surface area contributed by atoms with Crippen molar-refractivity contribution < 1.29 is 24.3 Å². The third-order valence-corrected chi connectivity index (χ3v) is 13.2. The molecule has 0 saturated carbocycles. The van der Waals surface area contributed by atoms with Crippen LogP contribution in [0.2, 0.25) is 0 Å². The molecule has 0 aliphatic rings. The number of nitrogen functional groups attached to an aromatic ring is 3. The van der Waals surface area contributed by atoms with Crippen molar-refractivity contribution in [1.29, 1.82) is 0 Å². The van der Waals surface area contributed by atoms with Crippen LogP contribution in [0.25, 0.3) is 40.3 Å². The molecule has 5 aromatic heterocycles. The molecule has 5 heterocycles. The maximum absolute atomic E-state index is 12.4. The number of nitrogens with two attached hydrogens (primary N) is 3. The highest BCUT2D eigenvalue weighted by Crippen LogP contribution is 2.29. The molecule has 70 heavy (non-hydrogen) atoms. The highest BCUT2D eigenvalue weighted by atomic mass is 32.1. The molecule has 0 fully saturated rings. The second kappa shape index (κ2) is 23.5. The van der Waals surface area contributed by atoms with Crippen LogP contribution in [0.4, 0.5) is 38.7 Å². The topological polar surface area (TPSA) is 264 Å². The Hall–Kier alpha value is -8.51. The number of thiazole rings is 5.